The Hall–Kier alpha value is -2.74. The second kappa shape index (κ2) is 8.21. The molecule has 8 nitrogen and oxygen atoms in total. The van der Waals surface area contributed by atoms with E-state index in [-0.39, 0.29) is 18.5 Å². The van der Waals surface area contributed by atoms with Crippen molar-refractivity contribution in [3.63, 3.8) is 0 Å². The zero-order valence-electron chi connectivity index (χ0n) is 14.1. The fourth-order valence-electron chi connectivity index (χ4n) is 2.15. The lowest BCUT2D eigenvalue weighted by Gasteiger charge is -2.17. The van der Waals surface area contributed by atoms with Crippen LogP contribution in [-0.4, -0.2) is 48.2 Å². The molecule has 0 bridgehead atoms. The molecule has 128 valence electrons. The lowest BCUT2D eigenvalue weighted by molar-refractivity contribution is -0.143. The van der Waals surface area contributed by atoms with Crippen LogP contribution in [0.1, 0.15) is 11.4 Å². The lowest BCUT2D eigenvalue weighted by atomic mass is 10.1. The summed E-state index contributed by atoms with van der Waals surface area (Å²) >= 11 is 0. The van der Waals surface area contributed by atoms with Crippen LogP contribution in [0.5, 0.6) is 0 Å². The Kier molecular flexibility index (Phi) is 6.02. The van der Waals surface area contributed by atoms with E-state index in [4.69, 9.17) is 10.5 Å². The molecule has 2 aromatic rings. The second-order valence-corrected chi connectivity index (χ2v) is 5.45. The number of carbonyl (C=O) groups excluding carboxylic acids is 1. The predicted molar refractivity (Wildman–Crippen MR) is 91.4 cm³/mol. The number of rotatable bonds is 7. The summed E-state index contributed by atoms with van der Waals surface area (Å²) in [6.07, 6.45) is 0.509. The highest BCUT2D eigenvalue weighted by atomic mass is 16.5. The Balaban J connectivity index is 2.09. The third kappa shape index (κ3) is 4.88. The van der Waals surface area contributed by atoms with Crippen molar-refractivity contribution in [1.82, 2.24) is 20.3 Å². The van der Waals surface area contributed by atoms with Crippen molar-refractivity contribution < 1.29 is 9.53 Å². The molecule has 3 N–H and O–H groups in total. The van der Waals surface area contributed by atoms with Crippen LogP contribution in [0.25, 0.3) is 0 Å². The van der Waals surface area contributed by atoms with Crippen LogP contribution < -0.4 is 16.0 Å². The number of aromatic nitrogens is 3. The van der Waals surface area contributed by atoms with Gasteiger partial charge < -0.3 is 15.4 Å². The quantitative estimate of drug-likeness (QED) is 0.702. The van der Waals surface area contributed by atoms with Crippen molar-refractivity contribution in [3.05, 3.63) is 41.7 Å². The maximum Gasteiger partial charge on any atom is 0.323 e. The van der Waals surface area contributed by atoms with Crippen LogP contribution in [0, 0.1) is 0 Å². The second-order valence-electron chi connectivity index (χ2n) is 5.45. The Morgan fingerprint density at radius 1 is 1.25 bits per heavy atom. The standard InChI is InChI=1S/C16H22N6O2/c1-22(2)16-20-13(19-15(17)21-16)10-18-12(14(23)24-3)9-11-7-5-4-6-8-11/h4-8,12,18H,9-10H2,1-3H3,(H2,17,19,20,21)/t12-/m0/s1. The van der Waals surface area contributed by atoms with Gasteiger partial charge in [0.05, 0.1) is 13.7 Å². The van der Waals surface area contributed by atoms with Gasteiger partial charge in [-0.2, -0.15) is 15.0 Å². The van der Waals surface area contributed by atoms with Crippen LogP contribution in [0.2, 0.25) is 0 Å². The Labute approximate surface area is 141 Å². The smallest absolute Gasteiger partial charge is 0.323 e. The zero-order valence-corrected chi connectivity index (χ0v) is 14.1. The highest BCUT2D eigenvalue weighted by Gasteiger charge is 2.20. The maximum absolute atomic E-state index is 12.0. The summed E-state index contributed by atoms with van der Waals surface area (Å²) in [4.78, 5) is 26.2. The van der Waals surface area contributed by atoms with Crippen molar-refractivity contribution >= 4 is 17.9 Å². The number of hydrogen-bond acceptors (Lipinski definition) is 8. The number of hydrogen-bond donors (Lipinski definition) is 2. The highest BCUT2D eigenvalue weighted by Crippen LogP contribution is 2.08. The molecule has 0 aliphatic carbocycles. The molecule has 0 spiro atoms. The number of carbonyl (C=O) groups is 1. The number of nitrogens with one attached hydrogen (secondary N) is 1. The van der Waals surface area contributed by atoms with E-state index in [1.807, 2.05) is 44.4 Å². The van der Waals surface area contributed by atoms with Gasteiger partial charge in [-0.1, -0.05) is 30.3 Å². The van der Waals surface area contributed by atoms with Gasteiger partial charge in [-0.05, 0) is 12.0 Å². The first-order chi connectivity index (χ1) is 11.5. The summed E-state index contributed by atoms with van der Waals surface area (Å²) in [5.41, 5.74) is 6.74. The molecule has 24 heavy (non-hydrogen) atoms. The van der Waals surface area contributed by atoms with Gasteiger partial charge in [-0.15, -0.1) is 0 Å². The number of methoxy groups -OCH3 is 1. The molecule has 1 atom stereocenters. The highest BCUT2D eigenvalue weighted by molar-refractivity contribution is 5.76. The molecule has 8 heteroatoms. The van der Waals surface area contributed by atoms with E-state index in [0.717, 1.165) is 5.56 Å². The average molecular weight is 330 g/mol. The largest absolute Gasteiger partial charge is 0.468 e. The number of benzene rings is 1. The fraction of sp³-hybridized carbons (Fsp3) is 0.375. The SMILES string of the molecule is COC(=O)[C@H](Cc1ccccc1)NCc1nc(N)nc(N(C)C)n1. The van der Waals surface area contributed by atoms with Gasteiger partial charge in [0.25, 0.3) is 0 Å². The first-order valence-electron chi connectivity index (χ1n) is 7.52. The van der Waals surface area contributed by atoms with Gasteiger partial charge >= 0.3 is 5.97 Å². The molecule has 0 fully saturated rings. The van der Waals surface area contributed by atoms with E-state index < -0.39 is 6.04 Å². The topological polar surface area (TPSA) is 106 Å². The molecular weight excluding hydrogens is 308 g/mol. The fourth-order valence-corrected chi connectivity index (χ4v) is 2.15. The summed E-state index contributed by atoms with van der Waals surface area (Å²) in [5, 5.41) is 3.13. The van der Waals surface area contributed by atoms with E-state index in [1.165, 1.54) is 7.11 Å². The van der Waals surface area contributed by atoms with Crippen LogP contribution in [0.4, 0.5) is 11.9 Å². The number of nitrogens with two attached hydrogens (primary N) is 1. The number of anilines is 2. The van der Waals surface area contributed by atoms with E-state index in [1.54, 1.807) is 4.90 Å². The summed E-state index contributed by atoms with van der Waals surface area (Å²) in [6, 6.07) is 9.21. The molecule has 1 heterocycles. The Morgan fingerprint density at radius 2 is 1.96 bits per heavy atom. The average Bonchev–Trinajstić information content (AvgIpc) is 2.58. The molecule has 1 aromatic carbocycles. The normalized spacial score (nSPS) is 11.8. The first kappa shape index (κ1) is 17.6. The van der Waals surface area contributed by atoms with Gasteiger partial charge in [-0.3, -0.25) is 10.1 Å². The molecule has 0 saturated carbocycles. The number of nitrogens with zero attached hydrogens (tertiary/aromatic N) is 4. The number of esters is 1. The van der Waals surface area contributed by atoms with Gasteiger partial charge in [0.1, 0.15) is 11.9 Å². The number of nitrogen functional groups attached to an aromatic ring is 1. The molecule has 2 rings (SSSR count). The molecule has 0 radical (unpaired) electrons. The van der Waals surface area contributed by atoms with Gasteiger partial charge in [0, 0.05) is 14.1 Å². The van der Waals surface area contributed by atoms with Crippen LogP contribution in [0.15, 0.2) is 30.3 Å². The van der Waals surface area contributed by atoms with Crippen molar-refractivity contribution in [3.8, 4) is 0 Å². The zero-order chi connectivity index (χ0) is 17.5. The Bertz CT molecular complexity index is 678. The van der Waals surface area contributed by atoms with E-state index in [9.17, 15) is 4.79 Å². The molecule has 0 unspecified atom stereocenters. The van der Waals surface area contributed by atoms with Gasteiger partial charge in [0.2, 0.25) is 11.9 Å². The minimum Gasteiger partial charge on any atom is -0.468 e. The first-order valence-corrected chi connectivity index (χ1v) is 7.52. The predicted octanol–water partition coefficient (Wildman–Crippen LogP) is 0.394. The lowest BCUT2D eigenvalue weighted by Crippen LogP contribution is -2.39. The molecule has 0 aliphatic heterocycles. The molecule has 0 saturated heterocycles. The van der Waals surface area contributed by atoms with Crippen LogP contribution in [-0.2, 0) is 22.5 Å². The summed E-state index contributed by atoms with van der Waals surface area (Å²) in [5.74, 6) is 0.738. The minimum atomic E-state index is -0.502. The van der Waals surface area contributed by atoms with Crippen LogP contribution in [0.3, 0.4) is 0 Å². The Morgan fingerprint density at radius 3 is 2.58 bits per heavy atom. The van der Waals surface area contributed by atoms with Crippen molar-refractivity contribution in [2.75, 3.05) is 31.8 Å². The van der Waals surface area contributed by atoms with Gasteiger partial charge in [-0.25, -0.2) is 0 Å². The van der Waals surface area contributed by atoms with E-state index in [0.29, 0.717) is 18.2 Å². The molecule has 0 aliphatic rings. The summed E-state index contributed by atoms with van der Waals surface area (Å²) < 4.78 is 4.87. The van der Waals surface area contributed by atoms with E-state index >= 15 is 0 Å². The molecular formula is C16H22N6O2. The number of ether oxygens (including phenoxy) is 1. The maximum atomic E-state index is 12.0. The summed E-state index contributed by atoms with van der Waals surface area (Å²) in [7, 11) is 5.00. The molecule has 1 aromatic heterocycles. The van der Waals surface area contributed by atoms with Crippen molar-refractivity contribution in [2.45, 2.75) is 19.0 Å². The third-order valence-electron chi connectivity index (χ3n) is 3.36. The minimum absolute atomic E-state index is 0.142. The monoisotopic (exact) mass is 330 g/mol. The third-order valence-corrected chi connectivity index (χ3v) is 3.36. The van der Waals surface area contributed by atoms with Crippen molar-refractivity contribution in [2.24, 2.45) is 0 Å². The van der Waals surface area contributed by atoms with Crippen LogP contribution >= 0.6 is 0 Å². The van der Waals surface area contributed by atoms with Gasteiger partial charge in [0.15, 0.2) is 0 Å². The summed E-state index contributed by atoms with van der Waals surface area (Å²) in [6.45, 7) is 0.278. The van der Waals surface area contributed by atoms with E-state index in [2.05, 4.69) is 20.3 Å². The molecule has 0 amide bonds. The van der Waals surface area contributed by atoms with Crippen molar-refractivity contribution in [1.29, 1.82) is 0 Å².